The number of rotatable bonds is 3. The molecule has 0 atom stereocenters. The first kappa shape index (κ1) is 12.1. The molecule has 0 amide bonds. The Labute approximate surface area is 109 Å². The highest BCUT2D eigenvalue weighted by Crippen LogP contribution is 2.23. The lowest BCUT2D eigenvalue weighted by atomic mass is 10.1. The zero-order valence-corrected chi connectivity index (χ0v) is 10.7. The summed E-state index contributed by atoms with van der Waals surface area (Å²) in [4.78, 5) is 4.13. The van der Waals surface area contributed by atoms with Crippen molar-refractivity contribution in [2.45, 2.75) is 10.1 Å². The third kappa shape index (κ3) is 3.86. The monoisotopic (exact) mass is 261 g/mol. The molecule has 2 rings (SSSR count). The molecular weight excluding hydrogens is 250 g/mol. The minimum absolute atomic E-state index is 0.393. The van der Waals surface area contributed by atoms with E-state index in [2.05, 4.69) is 33.3 Å². The molecule has 0 radical (unpaired) electrons. The quantitative estimate of drug-likeness (QED) is 0.679. The van der Waals surface area contributed by atoms with Gasteiger partial charge in [-0.2, -0.15) is 4.37 Å². The highest BCUT2D eigenvalue weighted by molar-refractivity contribution is 8.00. The van der Waals surface area contributed by atoms with Crippen molar-refractivity contribution in [3.05, 3.63) is 41.7 Å². The SMILES string of the molecule is NCC#Cc1cccc(CSc2ncns2)c1. The van der Waals surface area contributed by atoms with Gasteiger partial charge in [0.05, 0.1) is 6.54 Å². The first-order valence-corrected chi connectivity index (χ1v) is 6.82. The molecule has 0 aliphatic carbocycles. The van der Waals surface area contributed by atoms with E-state index in [1.165, 1.54) is 17.1 Å². The molecule has 0 aliphatic rings. The van der Waals surface area contributed by atoms with E-state index in [9.17, 15) is 0 Å². The Morgan fingerprint density at radius 1 is 1.41 bits per heavy atom. The van der Waals surface area contributed by atoms with Crippen molar-refractivity contribution in [1.82, 2.24) is 9.36 Å². The largest absolute Gasteiger partial charge is 0.320 e. The minimum atomic E-state index is 0.393. The van der Waals surface area contributed by atoms with Gasteiger partial charge in [0.25, 0.3) is 0 Å². The average molecular weight is 261 g/mol. The molecule has 3 nitrogen and oxygen atoms in total. The van der Waals surface area contributed by atoms with Crippen LogP contribution in [0.3, 0.4) is 0 Å². The Morgan fingerprint density at radius 2 is 2.35 bits per heavy atom. The molecule has 0 aliphatic heterocycles. The number of nitrogens with zero attached hydrogens (tertiary/aromatic N) is 2. The van der Waals surface area contributed by atoms with Crippen LogP contribution in [-0.2, 0) is 5.75 Å². The standard InChI is InChI=1S/C12H11N3S2/c13-6-2-5-10-3-1-4-11(7-10)8-16-12-14-9-15-17-12/h1,3-4,7,9H,6,8,13H2. The second kappa shape index (κ2) is 6.40. The normalized spacial score (nSPS) is 9.71. The van der Waals surface area contributed by atoms with Crippen molar-refractivity contribution in [1.29, 1.82) is 0 Å². The van der Waals surface area contributed by atoms with E-state index in [-0.39, 0.29) is 0 Å². The smallest absolute Gasteiger partial charge is 0.170 e. The number of nitrogens with two attached hydrogens (primary N) is 1. The first-order chi connectivity index (χ1) is 8.38. The van der Waals surface area contributed by atoms with E-state index in [1.807, 2.05) is 12.1 Å². The van der Waals surface area contributed by atoms with Crippen molar-refractivity contribution in [3.63, 3.8) is 0 Å². The summed E-state index contributed by atoms with van der Waals surface area (Å²) in [7, 11) is 0. The predicted octanol–water partition coefficient (Wildman–Crippen LogP) is 2.14. The van der Waals surface area contributed by atoms with Gasteiger partial charge < -0.3 is 5.73 Å². The van der Waals surface area contributed by atoms with Gasteiger partial charge in [0.1, 0.15) is 6.33 Å². The fourth-order valence-electron chi connectivity index (χ4n) is 1.26. The Bertz CT molecular complexity index is 526. The second-order valence-corrected chi connectivity index (χ2v) is 5.20. The summed E-state index contributed by atoms with van der Waals surface area (Å²) in [6.07, 6.45) is 1.58. The van der Waals surface area contributed by atoms with Crippen LogP contribution < -0.4 is 5.73 Å². The second-order valence-electron chi connectivity index (χ2n) is 3.20. The van der Waals surface area contributed by atoms with E-state index >= 15 is 0 Å². The third-order valence-electron chi connectivity index (χ3n) is 1.97. The summed E-state index contributed by atoms with van der Waals surface area (Å²) in [5, 5.41) is 0. The van der Waals surface area contributed by atoms with Gasteiger partial charge >= 0.3 is 0 Å². The molecule has 1 aromatic carbocycles. The minimum Gasteiger partial charge on any atom is -0.320 e. The molecule has 86 valence electrons. The Balaban J connectivity index is 2.01. The highest BCUT2D eigenvalue weighted by Gasteiger charge is 1.99. The summed E-state index contributed by atoms with van der Waals surface area (Å²) in [6, 6.07) is 8.16. The van der Waals surface area contributed by atoms with Crippen LogP contribution >= 0.6 is 23.3 Å². The highest BCUT2D eigenvalue weighted by atomic mass is 32.2. The maximum absolute atomic E-state index is 5.35. The van der Waals surface area contributed by atoms with Crippen LogP contribution in [0.4, 0.5) is 0 Å². The zero-order valence-electron chi connectivity index (χ0n) is 9.09. The van der Waals surface area contributed by atoms with Crippen molar-refractivity contribution >= 4 is 23.3 Å². The van der Waals surface area contributed by atoms with Crippen LogP contribution in [0.25, 0.3) is 0 Å². The topological polar surface area (TPSA) is 51.8 Å². The van der Waals surface area contributed by atoms with E-state index in [0.717, 1.165) is 15.7 Å². The molecular formula is C12H11N3S2. The van der Waals surface area contributed by atoms with Crippen molar-refractivity contribution in [3.8, 4) is 11.8 Å². The Kier molecular flexibility index (Phi) is 4.56. The Morgan fingerprint density at radius 3 is 3.12 bits per heavy atom. The van der Waals surface area contributed by atoms with Crippen LogP contribution in [-0.4, -0.2) is 15.9 Å². The molecule has 0 saturated carbocycles. The van der Waals surface area contributed by atoms with Crippen LogP contribution in [0.15, 0.2) is 34.9 Å². The van der Waals surface area contributed by atoms with Gasteiger partial charge in [0, 0.05) is 11.3 Å². The molecule has 0 saturated heterocycles. The van der Waals surface area contributed by atoms with Crippen molar-refractivity contribution in [2.75, 3.05) is 6.54 Å². The summed E-state index contributed by atoms with van der Waals surface area (Å²) in [5.41, 5.74) is 7.58. The summed E-state index contributed by atoms with van der Waals surface area (Å²) >= 11 is 3.10. The lowest BCUT2D eigenvalue weighted by Gasteiger charge is -1.99. The molecule has 2 aromatic rings. The van der Waals surface area contributed by atoms with Crippen molar-refractivity contribution in [2.24, 2.45) is 5.73 Å². The van der Waals surface area contributed by atoms with Crippen LogP contribution in [0.5, 0.6) is 0 Å². The number of aromatic nitrogens is 2. The average Bonchev–Trinajstić information content (AvgIpc) is 2.87. The van der Waals surface area contributed by atoms with E-state index in [4.69, 9.17) is 5.73 Å². The van der Waals surface area contributed by atoms with E-state index in [1.54, 1.807) is 18.1 Å². The number of hydrogen-bond donors (Lipinski definition) is 1. The molecule has 2 N–H and O–H groups in total. The predicted molar refractivity (Wildman–Crippen MR) is 71.8 cm³/mol. The van der Waals surface area contributed by atoms with Crippen LogP contribution in [0.1, 0.15) is 11.1 Å². The first-order valence-electron chi connectivity index (χ1n) is 5.06. The van der Waals surface area contributed by atoms with Crippen LogP contribution in [0, 0.1) is 11.8 Å². The molecule has 0 spiro atoms. The molecule has 5 heteroatoms. The Hall–Kier alpha value is -1.35. The van der Waals surface area contributed by atoms with Gasteiger partial charge in [-0.25, -0.2) is 4.98 Å². The third-order valence-corrected chi connectivity index (χ3v) is 3.83. The fourth-order valence-corrected chi connectivity index (χ4v) is 2.65. The van der Waals surface area contributed by atoms with E-state index in [0.29, 0.717) is 6.54 Å². The summed E-state index contributed by atoms with van der Waals surface area (Å²) in [6.45, 7) is 0.393. The molecule has 17 heavy (non-hydrogen) atoms. The van der Waals surface area contributed by atoms with Gasteiger partial charge in [-0.1, -0.05) is 35.7 Å². The summed E-state index contributed by atoms with van der Waals surface area (Å²) in [5.74, 6) is 6.76. The van der Waals surface area contributed by atoms with Crippen molar-refractivity contribution < 1.29 is 0 Å². The van der Waals surface area contributed by atoms with E-state index < -0.39 is 0 Å². The number of thioether (sulfide) groups is 1. The maximum atomic E-state index is 5.35. The molecule has 1 aromatic heterocycles. The molecule has 0 bridgehead atoms. The lowest BCUT2D eigenvalue weighted by Crippen LogP contribution is -1.93. The molecule has 1 heterocycles. The van der Waals surface area contributed by atoms with Crippen LogP contribution in [0.2, 0.25) is 0 Å². The maximum Gasteiger partial charge on any atom is 0.170 e. The summed E-state index contributed by atoms with van der Waals surface area (Å²) < 4.78 is 4.96. The van der Waals surface area contributed by atoms with Gasteiger partial charge in [0.15, 0.2) is 4.34 Å². The van der Waals surface area contributed by atoms with Gasteiger partial charge in [-0.05, 0) is 29.2 Å². The number of hydrogen-bond acceptors (Lipinski definition) is 5. The van der Waals surface area contributed by atoms with Gasteiger partial charge in [-0.15, -0.1) is 0 Å². The van der Waals surface area contributed by atoms with Gasteiger partial charge in [0.2, 0.25) is 0 Å². The zero-order chi connectivity index (χ0) is 11.9. The van der Waals surface area contributed by atoms with Gasteiger partial charge in [-0.3, -0.25) is 0 Å². The number of benzene rings is 1. The molecule has 0 unspecified atom stereocenters. The lowest BCUT2D eigenvalue weighted by molar-refractivity contribution is 1.21. The molecule has 0 fully saturated rings. The fraction of sp³-hybridized carbons (Fsp3) is 0.167.